The number of hydrogen-bond donors (Lipinski definition) is 6. The lowest BCUT2D eigenvalue weighted by Gasteiger charge is -2.63. The van der Waals surface area contributed by atoms with Crippen LogP contribution in [-0.4, -0.2) is 76.0 Å². The molecule has 0 saturated heterocycles. The minimum absolute atomic E-state index is 0.0390. The molecule has 0 spiro atoms. The van der Waals surface area contributed by atoms with Crippen molar-refractivity contribution in [1.82, 2.24) is 5.32 Å². The molecule has 6 N–H and O–H groups in total. The van der Waals surface area contributed by atoms with Gasteiger partial charge in [-0.3, -0.25) is 9.35 Å². The summed E-state index contributed by atoms with van der Waals surface area (Å²) in [6.45, 7) is 8.11. The molecule has 0 aromatic rings. The molecule has 39 heavy (non-hydrogen) atoms. The van der Waals surface area contributed by atoms with E-state index in [1.165, 1.54) is 0 Å². The molecule has 0 bridgehead atoms. The first-order valence-electron chi connectivity index (χ1n) is 15.0. The molecule has 0 heterocycles. The number of amides is 1. The van der Waals surface area contributed by atoms with Crippen molar-refractivity contribution in [1.29, 1.82) is 0 Å². The van der Waals surface area contributed by atoms with Crippen LogP contribution in [0.2, 0.25) is 0 Å². The Morgan fingerprint density at radius 2 is 1.69 bits per heavy atom. The van der Waals surface area contributed by atoms with Gasteiger partial charge < -0.3 is 25.7 Å². The van der Waals surface area contributed by atoms with Crippen LogP contribution in [0, 0.1) is 52.3 Å². The molecule has 1 amide bonds. The van der Waals surface area contributed by atoms with Crippen LogP contribution >= 0.6 is 0 Å². The van der Waals surface area contributed by atoms with E-state index < -0.39 is 46.0 Å². The topological polar surface area (TPSA) is 164 Å². The summed E-state index contributed by atoms with van der Waals surface area (Å²) >= 11 is 0. The Labute approximate surface area is 233 Å². The summed E-state index contributed by atoms with van der Waals surface area (Å²) < 4.78 is 30.6. The second-order valence-electron chi connectivity index (χ2n) is 14.0. The largest absolute Gasteiger partial charge is 0.393 e. The highest BCUT2D eigenvalue weighted by Gasteiger charge is 2.65. The first-order valence-corrected chi connectivity index (χ1v) is 16.7. The van der Waals surface area contributed by atoms with E-state index in [-0.39, 0.29) is 53.1 Å². The third kappa shape index (κ3) is 5.93. The number of aliphatic hydroxyl groups excluding tert-OH is 4. The Morgan fingerprint density at radius 1 is 1.00 bits per heavy atom. The van der Waals surface area contributed by atoms with Crippen molar-refractivity contribution in [3.05, 3.63) is 0 Å². The molecule has 0 aliphatic heterocycles. The van der Waals surface area contributed by atoms with Crippen molar-refractivity contribution in [3.63, 3.8) is 0 Å². The maximum absolute atomic E-state index is 12.3. The molecule has 0 aromatic carbocycles. The van der Waals surface area contributed by atoms with Crippen molar-refractivity contribution in [3.8, 4) is 0 Å². The molecule has 0 unspecified atom stereocenters. The highest BCUT2D eigenvalue weighted by Crippen LogP contribution is 2.68. The maximum Gasteiger partial charge on any atom is 0.266 e. The minimum atomic E-state index is -4.16. The fourth-order valence-electron chi connectivity index (χ4n) is 9.66. The summed E-state index contributed by atoms with van der Waals surface area (Å²) in [6.07, 6.45) is 4.89. The van der Waals surface area contributed by atoms with E-state index in [1.54, 1.807) is 6.92 Å². The predicted octanol–water partition coefficient (Wildman–Crippen LogP) is 2.37. The van der Waals surface area contributed by atoms with Crippen molar-refractivity contribution in [2.45, 2.75) is 110 Å². The molecular formula is C29H51NO8S. The summed E-state index contributed by atoms with van der Waals surface area (Å²) in [5.74, 6) is -0.345. The molecule has 4 aliphatic carbocycles. The Balaban J connectivity index is 1.39. The molecule has 9 nitrogen and oxygen atoms in total. The van der Waals surface area contributed by atoms with E-state index in [0.717, 1.165) is 38.5 Å². The Morgan fingerprint density at radius 3 is 2.36 bits per heavy atom. The third-order valence-electron chi connectivity index (χ3n) is 12.1. The average Bonchev–Trinajstić information content (AvgIpc) is 3.21. The van der Waals surface area contributed by atoms with Gasteiger partial charge in [-0.15, -0.1) is 0 Å². The lowest BCUT2D eigenvalue weighted by molar-refractivity contribution is -0.207. The number of hydrogen-bond acceptors (Lipinski definition) is 7. The third-order valence-corrected chi connectivity index (χ3v) is 12.8. The van der Waals surface area contributed by atoms with Crippen LogP contribution in [0.5, 0.6) is 0 Å². The van der Waals surface area contributed by atoms with Crippen LogP contribution in [0.25, 0.3) is 0 Å². The van der Waals surface area contributed by atoms with Gasteiger partial charge >= 0.3 is 0 Å². The van der Waals surface area contributed by atoms with Gasteiger partial charge in [0.2, 0.25) is 5.91 Å². The second kappa shape index (κ2) is 11.5. The number of aliphatic hydroxyl groups is 4. The summed E-state index contributed by atoms with van der Waals surface area (Å²) in [5.41, 5.74) is -0.278. The van der Waals surface area contributed by atoms with Gasteiger partial charge in [0.05, 0.1) is 36.1 Å². The molecule has 0 aromatic heterocycles. The van der Waals surface area contributed by atoms with E-state index in [9.17, 15) is 33.6 Å². The van der Waals surface area contributed by atoms with Crippen LogP contribution in [-0.2, 0) is 14.9 Å². The van der Waals surface area contributed by atoms with E-state index >= 15 is 0 Å². The molecule has 13 atom stereocenters. The molecule has 10 heteroatoms. The van der Waals surface area contributed by atoms with E-state index in [4.69, 9.17) is 4.55 Å². The molecule has 0 radical (unpaired) electrons. The molecular weight excluding hydrogens is 522 g/mol. The summed E-state index contributed by atoms with van der Waals surface area (Å²) in [7, 11) is -4.16. The quantitative estimate of drug-likeness (QED) is 0.229. The fourth-order valence-corrected chi connectivity index (χ4v) is 10.0. The number of carbonyl (C=O) groups excluding carboxylic acids is 1. The monoisotopic (exact) mass is 573 g/mol. The average molecular weight is 574 g/mol. The van der Waals surface area contributed by atoms with Crippen molar-refractivity contribution >= 4 is 16.0 Å². The standard InChI is InChI=1S/C29H51NO8S/c1-16(5-8-23(32)17(2)27(35)30-11-12-39(36,37)38)20-6-7-21-26-22(15-25(34)29(20,21)4)28(3)10-9-19(31)13-18(28)14-24(26)33/h16-26,31-34H,5-15H2,1-4H3,(H,30,35)(H,36,37,38)/t16-,17+,18+,19-,20-,21+,22+,23-,24-,25+,26+,28+,29-/m1/s1. The van der Waals surface area contributed by atoms with Gasteiger partial charge in [-0.2, -0.15) is 8.42 Å². The number of carbonyl (C=O) groups is 1. The lowest BCUT2D eigenvalue weighted by Crippen LogP contribution is -2.62. The predicted molar refractivity (Wildman–Crippen MR) is 147 cm³/mol. The molecule has 226 valence electrons. The normalized spacial score (nSPS) is 44.4. The zero-order valence-corrected chi connectivity index (χ0v) is 24.8. The van der Waals surface area contributed by atoms with Crippen LogP contribution in [0.15, 0.2) is 0 Å². The zero-order chi connectivity index (χ0) is 28.9. The fraction of sp³-hybridized carbons (Fsp3) is 0.966. The van der Waals surface area contributed by atoms with E-state index in [2.05, 4.69) is 26.1 Å². The molecule has 4 fully saturated rings. The highest BCUT2D eigenvalue weighted by molar-refractivity contribution is 7.85. The van der Waals surface area contributed by atoms with Gasteiger partial charge in [0.1, 0.15) is 0 Å². The highest BCUT2D eigenvalue weighted by atomic mass is 32.2. The van der Waals surface area contributed by atoms with Gasteiger partial charge in [0.25, 0.3) is 10.1 Å². The zero-order valence-electron chi connectivity index (χ0n) is 24.0. The maximum atomic E-state index is 12.3. The molecule has 4 saturated carbocycles. The van der Waals surface area contributed by atoms with Gasteiger partial charge in [-0.25, -0.2) is 0 Å². The second-order valence-corrected chi connectivity index (χ2v) is 15.6. The molecule has 4 rings (SSSR count). The van der Waals surface area contributed by atoms with Crippen molar-refractivity contribution in [2.24, 2.45) is 52.3 Å². The lowest BCUT2D eigenvalue weighted by atomic mass is 9.43. The van der Waals surface area contributed by atoms with Crippen LogP contribution < -0.4 is 5.32 Å². The Kier molecular flexibility index (Phi) is 9.17. The van der Waals surface area contributed by atoms with Gasteiger partial charge in [-0.05, 0) is 104 Å². The smallest absolute Gasteiger partial charge is 0.266 e. The molecule has 4 aliphatic rings. The van der Waals surface area contributed by atoms with Crippen molar-refractivity contribution in [2.75, 3.05) is 12.3 Å². The first kappa shape index (κ1) is 31.2. The SMILES string of the molecule is C[C@H](CC[C@@H](O)[C@H](C)C(=O)NCCS(=O)(=O)O)[C@H]1CC[C@H]2[C@@H]3[C@H](O)C[C@@H]4C[C@H](O)CC[C@]4(C)[C@H]3C[C@H](O)[C@]12C. The van der Waals surface area contributed by atoms with E-state index in [0.29, 0.717) is 25.2 Å². The van der Waals surface area contributed by atoms with Crippen LogP contribution in [0.3, 0.4) is 0 Å². The summed E-state index contributed by atoms with van der Waals surface area (Å²) in [6, 6.07) is 0. The van der Waals surface area contributed by atoms with Crippen molar-refractivity contribution < 1.29 is 38.2 Å². The number of nitrogens with one attached hydrogen (secondary N) is 1. The summed E-state index contributed by atoms with van der Waals surface area (Å²) in [5, 5.41) is 46.6. The Hall–Kier alpha value is -0.780. The van der Waals surface area contributed by atoms with Crippen LogP contribution in [0.1, 0.15) is 85.5 Å². The van der Waals surface area contributed by atoms with Gasteiger partial charge in [0, 0.05) is 6.54 Å². The Bertz CT molecular complexity index is 992. The van der Waals surface area contributed by atoms with E-state index in [1.807, 2.05) is 0 Å². The number of fused-ring (bicyclic) bond motifs is 5. The van der Waals surface area contributed by atoms with Gasteiger partial charge in [0.15, 0.2) is 0 Å². The first-order chi connectivity index (χ1) is 18.1. The van der Waals surface area contributed by atoms with Gasteiger partial charge in [-0.1, -0.05) is 27.7 Å². The summed E-state index contributed by atoms with van der Waals surface area (Å²) in [4.78, 5) is 12.3. The minimum Gasteiger partial charge on any atom is -0.393 e. The number of rotatable bonds is 9. The van der Waals surface area contributed by atoms with Crippen LogP contribution in [0.4, 0.5) is 0 Å².